The van der Waals surface area contributed by atoms with Crippen molar-refractivity contribution in [1.82, 2.24) is 9.88 Å². The summed E-state index contributed by atoms with van der Waals surface area (Å²) in [6.45, 7) is 1.66. The zero-order chi connectivity index (χ0) is 12.8. The van der Waals surface area contributed by atoms with Gasteiger partial charge in [0.15, 0.2) is 0 Å². The molecule has 2 N–H and O–H groups in total. The Morgan fingerprint density at radius 3 is 2.50 bits per heavy atom. The largest absolute Gasteiger partial charge is 0.329 e. The molecule has 1 heterocycles. The summed E-state index contributed by atoms with van der Waals surface area (Å²) < 4.78 is 0. The summed E-state index contributed by atoms with van der Waals surface area (Å²) in [7, 11) is 2.20. The van der Waals surface area contributed by atoms with E-state index in [2.05, 4.69) is 29.1 Å². The van der Waals surface area contributed by atoms with Gasteiger partial charge in [-0.15, -0.1) is 0 Å². The highest BCUT2D eigenvalue weighted by molar-refractivity contribution is 5.05. The molecule has 3 heteroatoms. The summed E-state index contributed by atoms with van der Waals surface area (Å²) in [6.07, 6.45) is 9.66. The van der Waals surface area contributed by atoms with Gasteiger partial charge in [-0.1, -0.05) is 31.7 Å². The Kier molecular flexibility index (Phi) is 4.72. The van der Waals surface area contributed by atoms with Crippen molar-refractivity contribution in [3.05, 3.63) is 30.1 Å². The molecule has 0 unspecified atom stereocenters. The molecule has 2 rings (SSSR count). The minimum atomic E-state index is 0.189. The molecule has 1 aromatic rings. The topological polar surface area (TPSA) is 42.2 Å². The second-order valence-electron chi connectivity index (χ2n) is 5.52. The van der Waals surface area contributed by atoms with E-state index >= 15 is 0 Å². The van der Waals surface area contributed by atoms with Gasteiger partial charge in [0.25, 0.3) is 0 Å². The molecule has 0 aliphatic heterocycles. The number of hydrogen-bond acceptors (Lipinski definition) is 3. The Hall–Kier alpha value is -0.930. The summed E-state index contributed by atoms with van der Waals surface area (Å²) in [5.41, 5.74) is 7.42. The van der Waals surface area contributed by atoms with Crippen LogP contribution in [0, 0.1) is 0 Å². The minimum Gasteiger partial charge on any atom is -0.329 e. The van der Waals surface area contributed by atoms with Crippen LogP contribution in [0.3, 0.4) is 0 Å². The molecule has 0 aromatic carbocycles. The average molecular weight is 247 g/mol. The smallest absolute Gasteiger partial charge is 0.0544 e. The Labute approximate surface area is 110 Å². The molecule has 1 saturated carbocycles. The molecule has 0 bridgehead atoms. The van der Waals surface area contributed by atoms with Crippen molar-refractivity contribution in [2.75, 3.05) is 13.6 Å². The van der Waals surface area contributed by atoms with E-state index < -0.39 is 0 Å². The number of rotatable bonds is 4. The Balaban J connectivity index is 2.06. The third-order valence-electron chi connectivity index (χ3n) is 4.35. The van der Waals surface area contributed by atoms with Crippen LogP contribution in [0.5, 0.6) is 0 Å². The fourth-order valence-electron chi connectivity index (χ4n) is 3.03. The van der Waals surface area contributed by atoms with Crippen molar-refractivity contribution in [2.45, 2.75) is 50.6 Å². The van der Waals surface area contributed by atoms with Crippen molar-refractivity contribution in [2.24, 2.45) is 5.73 Å². The Morgan fingerprint density at radius 2 is 1.94 bits per heavy atom. The summed E-state index contributed by atoms with van der Waals surface area (Å²) in [4.78, 5) is 6.85. The molecule has 0 radical (unpaired) electrons. The van der Waals surface area contributed by atoms with E-state index in [0.717, 1.165) is 18.8 Å². The zero-order valence-electron chi connectivity index (χ0n) is 11.4. The average Bonchev–Trinajstić information content (AvgIpc) is 2.66. The second-order valence-corrected chi connectivity index (χ2v) is 5.52. The lowest BCUT2D eigenvalue weighted by molar-refractivity contribution is 0.0984. The first-order valence-corrected chi connectivity index (χ1v) is 7.08. The van der Waals surface area contributed by atoms with Crippen molar-refractivity contribution in [1.29, 1.82) is 0 Å². The predicted octanol–water partition coefficient (Wildman–Crippen LogP) is 2.57. The highest BCUT2D eigenvalue weighted by atomic mass is 15.2. The van der Waals surface area contributed by atoms with Crippen LogP contribution in [0.1, 0.15) is 44.2 Å². The number of pyridine rings is 1. The zero-order valence-corrected chi connectivity index (χ0v) is 11.4. The molecule has 0 amide bonds. The highest BCUT2D eigenvalue weighted by Gasteiger charge is 2.33. The van der Waals surface area contributed by atoms with Crippen molar-refractivity contribution in [3.63, 3.8) is 0 Å². The van der Waals surface area contributed by atoms with Crippen LogP contribution in [0.25, 0.3) is 0 Å². The van der Waals surface area contributed by atoms with E-state index in [0.29, 0.717) is 0 Å². The highest BCUT2D eigenvalue weighted by Crippen LogP contribution is 2.31. The number of nitrogens with zero attached hydrogens (tertiary/aromatic N) is 2. The number of aromatic nitrogens is 1. The van der Waals surface area contributed by atoms with Gasteiger partial charge in [-0.3, -0.25) is 9.88 Å². The lowest BCUT2D eigenvalue weighted by Gasteiger charge is -2.40. The second kappa shape index (κ2) is 6.30. The molecular weight excluding hydrogens is 222 g/mol. The summed E-state index contributed by atoms with van der Waals surface area (Å²) in [5, 5.41) is 0. The number of likely N-dealkylation sites (N-methyl/N-ethyl adjacent to an activating group) is 1. The van der Waals surface area contributed by atoms with Crippen molar-refractivity contribution < 1.29 is 0 Å². The lowest BCUT2D eigenvalue weighted by Crippen LogP contribution is -2.51. The molecule has 1 fully saturated rings. The molecule has 1 aliphatic carbocycles. The van der Waals surface area contributed by atoms with Crippen molar-refractivity contribution >= 4 is 0 Å². The lowest BCUT2D eigenvalue weighted by atomic mass is 9.88. The fourth-order valence-corrected chi connectivity index (χ4v) is 3.03. The van der Waals surface area contributed by atoms with E-state index in [1.807, 2.05) is 12.3 Å². The predicted molar refractivity (Wildman–Crippen MR) is 75.2 cm³/mol. The number of hydrogen-bond donors (Lipinski definition) is 1. The molecule has 100 valence electrons. The van der Waals surface area contributed by atoms with E-state index in [1.54, 1.807) is 0 Å². The molecule has 0 spiro atoms. The standard InChI is InChI=1S/C15H25N3/c1-18(12-14-8-4-7-11-17-14)15(13-16)9-5-2-3-6-10-15/h4,7-8,11H,2-3,5-6,9-10,12-13,16H2,1H3. The van der Waals surface area contributed by atoms with Gasteiger partial charge in [0.05, 0.1) is 5.69 Å². The molecule has 3 nitrogen and oxygen atoms in total. The van der Waals surface area contributed by atoms with Gasteiger partial charge < -0.3 is 5.73 Å². The summed E-state index contributed by atoms with van der Waals surface area (Å²) in [5.74, 6) is 0. The van der Waals surface area contributed by atoms with Gasteiger partial charge in [-0.25, -0.2) is 0 Å². The SMILES string of the molecule is CN(Cc1ccccn1)C1(CN)CCCCCC1. The first-order chi connectivity index (χ1) is 8.77. The van der Waals surface area contributed by atoms with Gasteiger partial charge in [-0.05, 0) is 32.0 Å². The Bertz CT molecular complexity index is 342. The molecule has 1 aliphatic rings. The van der Waals surface area contributed by atoms with Gasteiger partial charge in [0.2, 0.25) is 0 Å². The van der Waals surface area contributed by atoms with E-state index in [4.69, 9.17) is 5.73 Å². The van der Waals surface area contributed by atoms with Gasteiger partial charge >= 0.3 is 0 Å². The molecule has 0 saturated heterocycles. The first kappa shape index (κ1) is 13.5. The van der Waals surface area contributed by atoms with Crippen LogP contribution in [-0.2, 0) is 6.54 Å². The van der Waals surface area contributed by atoms with E-state index in [-0.39, 0.29) is 5.54 Å². The monoisotopic (exact) mass is 247 g/mol. The quantitative estimate of drug-likeness (QED) is 0.831. The maximum absolute atomic E-state index is 6.10. The van der Waals surface area contributed by atoms with Gasteiger partial charge in [0.1, 0.15) is 0 Å². The summed E-state index contributed by atoms with van der Waals surface area (Å²) >= 11 is 0. The van der Waals surface area contributed by atoms with Crippen LogP contribution in [0.2, 0.25) is 0 Å². The van der Waals surface area contributed by atoms with E-state index in [1.165, 1.54) is 38.5 Å². The minimum absolute atomic E-state index is 0.189. The maximum Gasteiger partial charge on any atom is 0.0544 e. The third-order valence-corrected chi connectivity index (χ3v) is 4.35. The van der Waals surface area contributed by atoms with Crippen LogP contribution >= 0.6 is 0 Å². The molecule has 0 atom stereocenters. The van der Waals surface area contributed by atoms with Crippen LogP contribution < -0.4 is 5.73 Å². The molecule has 18 heavy (non-hydrogen) atoms. The first-order valence-electron chi connectivity index (χ1n) is 7.08. The molecule has 1 aromatic heterocycles. The normalized spacial score (nSPS) is 19.7. The van der Waals surface area contributed by atoms with Crippen LogP contribution in [0.15, 0.2) is 24.4 Å². The van der Waals surface area contributed by atoms with Gasteiger partial charge in [0, 0.05) is 24.8 Å². The maximum atomic E-state index is 6.10. The number of nitrogens with two attached hydrogens (primary N) is 1. The summed E-state index contributed by atoms with van der Waals surface area (Å²) in [6, 6.07) is 6.11. The molecular formula is C15H25N3. The van der Waals surface area contributed by atoms with Gasteiger partial charge in [-0.2, -0.15) is 0 Å². The van der Waals surface area contributed by atoms with E-state index in [9.17, 15) is 0 Å². The van der Waals surface area contributed by atoms with Crippen molar-refractivity contribution in [3.8, 4) is 0 Å². The van der Waals surface area contributed by atoms with Crippen LogP contribution in [0.4, 0.5) is 0 Å². The fraction of sp³-hybridized carbons (Fsp3) is 0.667. The third kappa shape index (κ3) is 3.09. The van der Waals surface area contributed by atoms with Crippen LogP contribution in [-0.4, -0.2) is 29.0 Å². The Morgan fingerprint density at radius 1 is 1.22 bits per heavy atom.